The van der Waals surface area contributed by atoms with Crippen molar-refractivity contribution in [1.29, 1.82) is 0 Å². The van der Waals surface area contributed by atoms with Crippen molar-refractivity contribution in [1.82, 2.24) is 5.06 Å². The summed E-state index contributed by atoms with van der Waals surface area (Å²) in [7, 11) is 1.59. The van der Waals surface area contributed by atoms with Crippen molar-refractivity contribution in [2.75, 3.05) is 7.11 Å². The lowest BCUT2D eigenvalue weighted by Gasteiger charge is -2.21. The van der Waals surface area contributed by atoms with Crippen LogP contribution in [0.5, 0.6) is 0 Å². The number of carbonyl (C=O) groups is 1. The monoisotopic (exact) mass is 263 g/mol. The van der Waals surface area contributed by atoms with E-state index < -0.39 is 12.1 Å². The van der Waals surface area contributed by atoms with Gasteiger partial charge in [0.1, 0.15) is 6.61 Å². The van der Waals surface area contributed by atoms with E-state index >= 15 is 0 Å². The molecule has 0 spiro atoms. The molecule has 1 aliphatic carbocycles. The fraction of sp³-hybridized carbons (Fsp3) is 0.357. The highest BCUT2D eigenvalue weighted by molar-refractivity contribution is 5.67. The maximum Gasteiger partial charge on any atom is 0.434 e. The predicted octanol–water partition coefficient (Wildman–Crippen LogP) is 2.36. The van der Waals surface area contributed by atoms with Crippen LogP contribution in [0.25, 0.3) is 0 Å². The van der Waals surface area contributed by atoms with Gasteiger partial charge in [-0.05, 0) is 5.56 Å². The molecule has 0 unspecified atom stereocenters. The van der Waals surface area contributed by atoms with Crippen molar-refractivity contribution >= 4 is 6.09 Å². The SMILES string of the molecule is CO[C@@H]1C=C[C@H](N(O)C(=O)OCc2ccccc2)C1. The molecule has 1 aromatic carbocycles. The zero-order chi connectivity index (χ0) is 13.7. The summed E-state index contributed by atoms with van der Waals surface area (Å²) in [6, 6.07) is 8.92. The second-order valence-electron chi connectivity index (χ2n) is 4.35. The highest BCUT2D eigenvalue weighted by Crippen LogP contribution is 2.18. The number of ether oxygens (including phenoxy) is 2. The van der Waals surface area contributed by atoms with Gasteiger partial charge in [0, 0.05) is 13.5 Å². The molecule has 0 heterocycles. The van der Waals surface area contributed by atoms with Crippen LogP contribution < -0.4 is 0 Å². The van der Waals surface area contributed by atoms with E-state index in [4.69, 9.17) is 9.47 Å². The minimum Gasteiger partial charge on any atom is -0.443 e. The van der Waals surface area contributed by atoms with Crippen LogP contribution >= 0.6 is 0 Å². The first kappa shape index (κ1) is 13.6. The van der Waals surface area contributed by atoms with Crippen LogP contribution in [0.4, 0.5) is 4.79 Å². The van der Waals surface area contributed by atoms with E-state index in [1.54, 1.807) is 13.2 Å². The molecule has 1 aromatic rings. The van der Waals surface area contributed by atoms with Gasteiger partial charge in [0.2, 0.25) is 0 Å². The summed E-state index contributed by atoms with van der Waals surface area (Å²) in [6.45, 7) is 0.140. The molecule has 0 aliphatic heterocycles. The van der Waals surface area contributed by atoms with Gasteiger partial charge in [-0.3, -0.25) is 5.21 Å². The van der Waals surface area contributed by atoms with Crippen LogP contribution in [0.3, 0.4) is 0 Å². The maximum atomic E-state index is 11.7. The van der Waals surface area contributed by atoms with E-state index in [0.717, 1.165) is 5.56 Å². The molecule has 0 saturated carbocycles. The molecule has 102 valence electrons. The second kappa shape index (κ2) is 6.36. The molecule has 0 bridgehead atoms. The average molecular weight is 263 g/mol. The summed E-state index contributed by atoms with van der Waals surface area (Å²) in [5.41, 5.74) is 0.876. The smallest absolute Gasteiger partial charge is 0.434 e. The fourth-order valence-corrected chi connectivity index (χ4v) is 1.92. The van der Waals surface area contributed by atoms with Crippen molar-refractivity contribution in [3.63, 3.8) is 0 Å². The lowest BCUT2D eigenvalue weighted by atomic mass is 10.2. The number of rotatable bonds is 4. The van der Waals surface area contributed by atoms with E-state index in [9.17, 15) is 10.0 Å². The van der Waals surface area contributed by atoms with E-state index in [0.29, 0.717) is 11.5 Å². The molecule has 0 aromatic heterocycles. The number of amides is 1. The number of hydroxylamine groups is 2. The summed E-state index contributed by atoms with van der Waals surface area (Å²) in [5.74, 6) is 0. The van der Waals surface area contributed by atoms with E-state index in [2.05, 4.69) is 0 Å². The van der Waals surface area contributed by atoms with Crippen LogP contribution in [0, 0.1) is 0 Å². The summed E-state index contributed by atoms with van der Waals surface area (Å²) in [6.07, 6.45) is 3.26. The van der Waals surface area contributed by atoms with Gasteiger partial charge >= 0.3 is 6.09 Å². The Morgan fingerprint density at radius 1 is 1.37 bits per heavy atom. The van der Waals surface area contributed by atoms with Crippen molar-refractivity contribution in [2.45, 2.75) is 25.2 Å². The summed E-state index contributed by atoms with van der Waals surface area (Å²) >= 11 is 0. The van der Waals surface area contributed by atoms with Crippen LogP contribution in [0.1, 0.15) is 12.0 Å². The Hall–Kier alpha value is -1.85. The number of benzene rings is 1. The Morgan fingerprint density at radius 2 is 2.11 bits per heavy atom. The molecular formula is C14H17NO4. The zero-order valence-corrected chi connectivity index (χ0v) is 10.7. The molecule has 5 nitrogen and oxygen atoms in total. The van der Waals surface area contributed by atoms with Crippen molar-refractivity contribution in [2.24, 2.45) is 0 Å². The van der Waals surface area contributed by atoms with Gasteiger partial charge in [0.25, 0.3) is 0 Å². The first-order valence-electron chi connectivity index (χ1n) is 6.10. The Morgan fingerprint density at radius 3 is 2.74 bits per heavy atom. The molecule has 2 atom stereocenters. The molecule has 1 amide bonds. The molecule has 5 heteroatoms. The van der Waals surface area contributed by atoms with E-state index in [-0.39, 0.29) is 12.7 Å². The Bertz CT molecular complexity index is 446. The highest BCUT2D eigenvalue weighted by Gasteiger charge is 2.27. The summed E-state index contributed by atoms with van der Waals surface area (Å²) in [4.78, 5) is 11.7. The normalized spacial score (nSPS) is 21.4. The predicted molar refractivity (Wildman–Crippen MR) is 68.6 cm³/mol. The number of methoxy groups -OCH3 is 1. The molecule has 0 fully saturated rings. The molecular weight excluding hydrogens is 246 g/mol. The molecule has 0 saturated heterocycles. The first-order chi connectivity index (χ1) is 9.20. The van der Waals surface area contributed by atoms with Crippen LogP contribution in [-0.2, 0) is 16.1 Å². The first-order valence-corrected chi connectivity index (χ1v) is 6.10. The van der Waals surface area contributed by atoms with Gasteiger partial charge in [0.05, 0.1) is 12.1 Å². The summed E-state index contributed by atoms with van der Waals surface area (Å²) < 4.78 is 10.2. The van der Waals surface area contributed by atoms with Crippen molar-refractivity contribution in [3.8, 4) is 0 Å². The van der Waals surface area contributed by atoms with Gasteiger partial charge in [-0.25, -0.2) is 4.79 Å². The number of hydrogen-bond donors (Lipinski definition) is 1. The van der Waals surface area contributed by atoms with Gasteiger partial charge in [-0.15, -0.1) is 0 Å². The van der Waals surface area contributed by atoms with Gasteiger partial charge < -0.3 is 9.47 Å². The average Bonchev–Trinajstić information content (AvgIpc) is 2.94. The third-order valence-corrected chi connectivity index (χ3v) is 3.03. The standard InChI is InChI=1S/C14H17NO4/c1-18-13-8-7-12(9-13)15(17)14(16)19-10-11-5-3-2-4-6-11/h2-8,12-13,17H,9-10H2,1H3/t12-,13+/m0/s1. The Balaban J connectivity index is 1.82. The maximum absolute atomic E-state index is 11.7. The van der Waals surface area contributed by atoms with E-state index in [1.165, 1.54) is 0 Å². The Labute approximate surface area is 112 Å². The third kappa shape index (κ3) is 3.56. The topological polar surface area (TPSA) is 59.0 Å². The molecule has 1 N–H and O–H groups in total. The number of hydrogen-bond acceptors (Lipinski definition) is 4. The van der Waals surface area contributed by atoms with E-state index in [1.807, 2.05) is 36.4 Å². The van der Waals surface area contributed by atoms with Gasteiger partial charge in [0.15, 0.2) is 0 Å². The Kier molecular flexibility index (Phi) is 4.54. The molecule has 0 radical (unpaired) electrons. The van der Waals surface area contributed by atoms with Gasteiger partial charge in [-0.1, -0.05) is 42.5 Å². The summed E-state index contributed by atoms with van der Waals surface area (Å²) in [5, 5.41) is 10.4. The van der Waals surface area contributed by atoms with Crippen LogP contribution in [0.15, 0.2) is 42.5 Å². The second-order valence-corrected chi connectivity index (χ2v) is 4.35. The quantitative estimate of drug-likeness (QED) is 0.514. The number of nitrogens with zero attached hydrogens (tertiary/aromatic N) is 1. The van der Waals surface area contributed by atoms with Crippen molar-refractivity contribution in [3.05, 3.63) is 48.0 Å². The van der Waals surface area contributed by atoms with Crippen LogP contribution in [-0.4, -0.2) is 35.6 Å². The fourth-order valence-electron chi connectivity index (χ4n) is 1.92. The van der Waals surface area contributed by atoms with Crippen molar-refractivity contribution < 1.29 is 19.5 Å². The van der Waals surface area contributed by atoms with Gasteiger partial charge in [-0.2, -0.15) is 5.06 Å². The zero-order valence-electron chi connectivity index (χ0n) is 10.7. The largest absolute Gasteiger partial charge is 0.443 e. The lowest BCUT2D eigenvalue weighted by Crippen LogP contribution is -2.36. The minimum atomic E-state index is -0.754. The lowest BCUT2D eigenvalue weighted by molar-refractivity contribution is -0.0983. The molecule has 19 heavy (non-hydrogen) atoms. The number of carbonyl (C=O) groups excluding carboxylic acids is 1. The molecule has 1 aliphatic rings. The minimum absolute atomic E-state index is 0.0680. The molecule has 2 rings (SSSR count). The third-order valence-electron chi connectivity index (χ3n) is 3.03. The highest BCUT2D eigenvalue weighted by atomic mass is 16.6. The van der Waals surface area contributed by atoms with Crippen LogP contribution in [0.2, 0.25) is 0 Å².